The summed E-state index contributed by atoms with van der Waals surface area (Å²) in [5.74, 6) is -0.634. The van der Waals surface area contributed by atoms with Gasteiger partial charge in [0.25, 0.3) is 0 Å². The fourth-order valence-corrected chi connectivity index (χ4v) is 1.66. The molecule has 0 unspecified atom stereocenters. The summed E-state index contributed by atoms with van der Waals surface area (Å²) in [4.78, 5) is 14.8. The molecular weight excluding hydrogens is 256 g/mol. The Morgan fingerprint density at radius 2 is 2.33 bits per heavy atom. The van der Waals surface area contributed by atoms with E-state index in [2.05, 4.69) is 15.4 Å². The molecule has 2 aromatic heterocycles. The van der Waals surface area contributed by atoms with Crippen LogP contribution in [0.25, 0.3) is 0 Å². The summed E-state index contributed by atoms with van der Waals surface area (Å²) < 4.78 is 1.69. The van der Waals surface area contributed by atoms with Gasteiger partial charge in [-0.1, -0.05) is 11.6 Å². The van der Waals surface area contributed by atoms with Crippen molar-refractivity contribution in [2.24, 2.45) is 7.05 Å². The lowest BCUT2D eigenvalue weighted by atomic mass is 10.2. The van der Waals surface area contributed by atoms with Crippen LogP contribution in [0.4, 0.5) is 5.82 Å². The molecule has 2 aromatic rings. The minimum absolute atomic E-state index is 0.0959. The molecule has 0 aliphatic heterocycles. The quantitative estimate of drug-likeness (QED) is 0.825. The van der Waals surface area contributed by atoms with Crippen molar-refractivity contribution in [3.63, 3.8) is 0 Å². The maximum absolute atomic E-state index is 10.9. The van der Waals surface area contributed by atoms with Crippen molar-refractivity contribution < 1.29 is 9.90 Å². The maximum Gasteiger partial charge on any atom is 0.335 e. The number of nitrogens with zero attached hydrogens (tertiary/aromatic N) is 3. The SMILES string of the molecule is Cn1ccc(CNc2cc(C(=O)O)cc(Cl)n2)n1. The van der Waals surface area contributed by atoms with Gasteiger partial charge in [-0.2, -0.15) is 5.10 Å². The number of anilines is 1. The summed E-state index contributed by atoms with van der Waals surface area (Å²) in [5, 5.41) is 16.2. The van der Waals surface area contributed by atoms with E-state index in [1.54, 1.807) is 4.68 Å². The van der Waals surface area contributed by atoms with Crippen LogP contribution in [-0.2, 0) is 13.6 Å². The number of aryl methyl sites for hydroxylation is 1. The third-order valence-electron chi connectivity index (χ3n) is 2.26. The van der Waals surface area contributed by atoms with Crippen molar-refractivity contribution in [3.8, 4) is 0 Å². The van der Waals surface area contributed by atoms with E-state index in [0.29, 0.717) is 12.4 Å². The van der Waals surface area contributed by atoms with Gasteiger partial charge in [0.1, 0.15) is 11.0 Å². The number of carboxylic acids is 1. The number of nitrogens with one attached hydrogen (secondary N) is 1. The van der Waals surface area contributed by atoms with Crippen LogP contribution in [0, 0.1) is 0 Å². The third-order valence-corrected chi connectivity index (χ3v) is 2.45. The molecule has 6 nitrogen and oxygen atoms in total. The first-order valence-electron chi connectivity index (χ1n) is 5.18. The lowest BCUT2D eigenvalue weighted by Gasteiger charge is -2.05. The minimum Gasteiger partial charge on any atom is -0.478 e. The predicted octanol–water partition coefficient (Wildman–Crippen LogP) is 1.78. The summed E-state index contributed by atoms with van der Waals surface area (Å²) in [6, 6.07) is 4.59. The number of carbonyl (C=O) groups is 1. The molecule has 0 fully saturated rings. The highest BCUT2D eigenvalue weighted by atomic mass is 35.5. The fraction of sp³-hybridized carbons (Fsp3) is 0.182. The molecule has 0 amide bonds. The van der Waals surface area contributed by atoms with Crippen molar-refractivity contribution >= 4 is 23.4 Å². The van der Waals surface area contributed by atoms with Gasteiger partial charge >= 0.3 is 5.97 Å². The zero-order chi connectivity index (χ0) is 13.1. The van der Waals surface area contributed by atoms with Gasteiger partial charge < -0.3 is 10.4 Å². The molecule has 0 atom stereocenters. The van der Waals surface area contributed by atoms with Gasteiger partial charge in [-0.05, 0) is 18.2 Å². The van der Waals surface area contributed by atoms with Gasteiger partial charge in [-0.25, -0.2) is 9.78 Å². The van der Waals surface area contributed by atoms with Crippen molar-refractivity contribution in [1.82, 2.24) is 14.8 Å². The van der Waals surface area contributed by atoms with Crippen LogP contribution in [0.15, 0.2) is 24.4 Å². The molecule has 0 radical (unpaired) electrons. The van der Waals surface area contributed by atoms with Gasteiger partial charge in [0.2, 0.25) is 0 Å². The van der Waals surface area contributed by atoms with Gasteiger partial charge in [0.05, 0.1) is 17.8 Å². The average molecular weight is 267 g/mol. The van der Waals surface area contributed by atoms with E-state index >= 15 is 0 Å². The van der Waals surface area contributed by atoms with Crippen molar-refractivity contribution in [3.05, 3.63) is 40.8 Å². The highest BCUT2D eigenvalue weighted by Gasteiger charge is 2.07. The number of aromatic nitrogens is 3. The van der Waals surface area contributed by atoms with Gasteiger partial charge in [-0.3, -0.25) is 4.68 Å². The summed E-state index contributed by atoms with van der Waals surface area (Å²) in [6.45, 7) is 0.452. The van der Waals surface area contributed by atoms with Crippen LogP contribution in [0.5, 0.6) is 0 Å². The molecule has 0 aliphatic carbocycles. The van der Waals surface area contributed by atoms with E-state index in [9.17, 15) is 4.79 Å². The van der Waals surface area contributed by atoms with E-state index in [1.807, 2.05) is 19.3 Å². The summed E-state index contributed by atoms with van der Waals surface area (Å²) in [7, 11) is 1.82. The lowest BCUT2D eigenvalue weighted by molar-refractivity contribution is 0.0697. The van der Waals surface area contributed by atoms with Crippen LogP contribution in [0.2, 0.25) is 5.15 Å². The third kappa shape index (κ3) is 2.98. The maximum atomic E-state index is 10.9. The van der Waals surface area contributed by atoms with Gasteiger partial charge in [0.15, 0.2) is 0 Å². The number of hydrogen-bond donors (Lipinski definition) is 2. The fourth-order valence-electron chi connectivity index (χ4n) is 1.45. The first kappa shape index (κ1) is 12.4. The van der Waals surface area contributed by atoms with E-state index in [-0.39, 0.29) is 10.7 Å². The van der Waals surface area contributed by atoms with Gasteiger partial charge in [-0.15, -0.1) is 0 Å². The summed E-state index contributed by atoms with van der Waals surface area (Å²) in [5.41, 5.74) is 0.926. The molecule has 94 valence electrons. The zero-order valence-electron chi connectivity index (χ0n) is 9.59. The topological polar surface area (TPSA) is 80.0 Å². The number of pyridine rings is 1. The van der Waals surface area contributed by atoms with Crippen LogP contribution in [0.1, 0.15) is 16.1 Å². The normalized spacial score (nSPS) is 10.3. The molecule has 18 heavy (non-hydrogen) atoms. The summed E-state index contributed by atoms with van der Waals surface area (Å²) in [6.07, 6.45) is 1.82. The molecular formula is C11H11ClN4O2. The standard InChI is InChI=1S/C11H11ClN4O2/c1-16-3-2-8(15-16)6-13-10-5-7(11(17)18)4-9(12)14-10/h2-5H,6H2,1H3,(H,13,14)(H,17,18). The number of halogens is 1. The Morgan fingerprint density at radius 3 is 2.94 bits per heavy atom. The van der Waals surface area contributed by atoms with Crippen molar-refractivity contribution in [2.45, 2.75) is 6.54 Å². The lowest BCUT2D eigenvalue weighted by Crippen LogP contribution is -2.05. The largest absolute Gasteiger partial charge is 0.478 e. The van der Waals surface area contributed by atoms with Crippen molar-refractivity contribution in [2.75, 3.05) is 5.32 Å². The van der Waals surface area contributed by atoms with Gasteiger partial charge in [0, 0.05) is 13.2 Å². The first-order chi connectivity index (χ1) is 8.54. The first-order valence-corrected chi connectivity index (χ1v) is 5.55. The second-order valence-corrected chi connectivity index (χ2v) is 4.09. The second-order valence-electron chi connectivity index (χ2n) is 3.70. The highest BCUT2D eigenvalue weighted by Crippen LogP contribution is 2.15. The van der Waals surface area contributed by atoms with Crippen LogP contribution < -0.4 is 5.32 Å². The number of carboxylic acid groups (broad SMARTS) is 1. The van der Waals surface area contributed by atoms with Crippen LogP contribution >= 0.6 is 11.6 Å². The Balaban J connectivity index is 2.11. The number of hydrogen-bond acceptors (Lipinski definition) is 4. The Kier molecular flexibility index (Phi) is 3.47. The van der Waals surface area contributed by atoms with Crippen LogP contribution in [0.3, 0.4) is 0 Å². The Bertz CT molecular complexity index is 582. The van der Waals surface area contributed by atoms with E-state index < -0.39 is 5.97 Å². The van der Waals surface area contributed by atoms with Crippen LogP contribution in [-0.4, -0.2) is 25.8 Å². The Hall–Kier alpha value is -2.08. The molecule has 0 saturated heterocycles. The Labute approximate surface area is 108 Å². The Morgan fingerprint density at radius 1 is 1.56 bits per heavy atom. The molecule has 0 saturated carbocycles. The molecule has 0 spiro atoms. The predicted molar refractivity (Wildman–Crippen MR) is 66.7 cm³/mol. The van der Waals surface area contributed by atoms with Crippen molar-refractivity contribution in [1.29, 1.82) is 0 Å². The minimum atomic E-state index is -1.04. The molecule has 0 aromatic carbocycles. The number of rotatable bonds is 4. The molecule has 0 aliphatic rings. The van der Waals surface area contributed by atoms with E-state index in [0.717, 1.165) is 5.69 Å². The molecule has 0 bridgehead atoms. The zero-order valence-corrected chi connectivity index (χ0v) is 10.3. The average Bonchev–Trinajstić information content (AvgIpc) is 2.72. The smallest absolute Gasteiger partial charge is 0.335 e. The monoisotopic (exact) mass is 266 g/mol. The highest BCUT2D eigenvalue weighted by molar-refractivity contribution is 6.29. The number of aromatic carboxylic acids is 1. The molecule has 2 rings (SSSR count). The summed E-state index contributed by atoms with van der Waals surface area (Å²) >= 11 is 5.75. The van der Waals surface area contributed by atoms with E-state index in [1.165, 1.54) is 12.1 Å². The molecule has 2 N–H and O–H groups in total. The van der Waals surface area contributed by atoms with E-state index in [4.69, 9.17) is 16.7 Å². The molecule has 7 heteroatoms. The second kappa shape index (κ2) is 5.05. The molecule has 2 heterocycles.